The number of ether oxygens (including phenoxy) is 2. The van der Waals surface area contributed by atoms with E-state index in [0.717, 1.165) is 29.5 Å². The second-order valence-corrected chi connectivity index (χ2v) is 10.0. The number of carbonyl (C=O) groups excluding carboxylic acids is 1. The molecule has 2 heterocycles. The number of carbonyl (C=O) groups is 1. The van der Waals surface area contributed by atoms with Gasteiger partial charge in [0.05, 0.1) is 19.3 Å². The lowest BCUT2D eigenvalue weighted by atomic mass is 9.85. The van der Waals surface area contributed by atoms with Crippen LogP contribution in [0.3, 0.4) is 0 Å². The fraction of sp³-hybridized carbons (Fsp3) is 0.538. The fourth-order valence-corrected chi connectivity index (χ4v) is 3.76. The number of halogens is 1. The Morgan fingerprint density at radius 3 is 2.47 bits per heavy atom. The molecule has 2 aromatic heterocycles. The topological polar surface area (TPSA) is 103 Å². The number of ketones is 1. The maximum atomic E-state index is 13.5. The van der Waals surface area contributed by atoms with Crippen molar-refractivity contribution >= 4 is 23.8 Å². The molecule has 0 unspecified atom stereocenters. The molecular weight excluding hydrogens is 482 g/mol. The van der Waals surface area contributed by atoms with Gasteiger partial charge in [0.15, 0.2) is 11.4 Å². The number of hydrogen-bond acceptors (Lipinski definition) is 7. The van der Waals surface area contributed by atoms with E-state index in [1.807, 2.05) is 32.9 Å². The predicted molar refractivity (Wildman–Crippen MR) is 140 cm³/mol. The van der Waals surface area contributed by atoms with E-state index in [2.05, 4.69) is 25.9 Å². The summed E-state index contributed by atoms with van der Waals surface area (Å²) in [6.45, 7) is 12.7. The normalized spacial score (nSPS) is 14.1. The average molecular weight is 518 g/mol. The number of Topliss-reactive ketones (excluding diaryl/α,β-unsaturated/α-hetero) is 1. The lowest BCUT2D eigenvalue weighted by Crippen LogP contribution is -2.28. The van der Waals surface area contributed by atoms with Crippen molar-refractivity contribution in [3.05, 3.63) is 46.1 Å². The Kier molecular flexibility index (Phi) is 8.46. The maximum Gasteiger partial charge on any atom is 0.245 e. The largest absolute Gasteiger partial charge is 0.491 e. The highest BCUT2D eigenvalue weighted by Gasteiger charge is 2.24. The molecule has 36 heavy (non-hydrogen) atoms. The molecule has 1 aromatic carbocycles. The van der Waals surface area contributed by atoms with Gasteiger partial charge in [-0.1, -0.05) is 20.8 Å². The first-order valence-electron chi connectivity index (χ1n) is 12.2. The minimum Gasteiger partial charge on any atom is -0.491 e. The summed E-state index contributed by atoms with van der Waals surface area (Å²) in [5.74, 6) is 1.00. The standard InChI is InChI=1S/C26H35N5O4.ClH/c1-7-34-24-17(3)16(2)23-28-30(25(31(23)29-24)27-20-8-9-20)15-22(33)18-12-19(26(4,5)6)14-21(13-18)35-11-10-32;/h12-14,20,32H,7-11,15H2,1-6H3;1H. The van der Waals surface area contributed by atoms with Crippen LogP contribution in [0.25, 0.3) is 5.65 Å². The van der Waals surface area contributed by atoms with Gasteiger partial charge in [-0.05, 0) is 62.8 Å². The molecule has 0 saturated heterocycles. The van der Waals surface area contributed by atoms with Gasteiger partial charge >= 0.3 is 0 Å². The zero-order chi connectivity index (χ0) is 25.3. The van der Waals surface area contributed by atoms with Crippen molar-refractivity contribution in [2.24, 2.45) is 4.99 Å². The second-order valence-electron chi connectivity index (χ2n) is 10.0. The SMILES string of the molecule is CCOc1nn2c(=NC3CC3)n(CC(=O)c3cc(OCCO)cc(C(C)(C)C)c3)nc2c(C)c1C.Cl. The van der Waals surface area contributed by atoms with Crippen LogP contribution in [0.1, 0.15) is 67.6 Å². The van der Waals surface area contributed by atoms with E-state index in [-0.39, 0.29) is 49.4 Å². The van der Waals surface area contributed by atoms with Crippen molar-refractivity contribution in [1.82, 2.24) is 19.4 Å². The number of aliphatic hydroxyl groups is 1. The molecular formula is C26H36ClN5O4. The molecule has 9 nitrogen and oxygen atoms in total. The molecule has 1 aliphatic carbocycles. The summed E-state index contributed by atoms with van der Waals surface area (Å²) >= 11 is 0. The van der Waals surface area contributed by atoms with Crippen molar-refractivity contribution in [2.75, 3.05) is 19.8 Å². The Balaban J connectivity index is 0.00000361. The van der Waals surface area contributed by atoms with Gasteiger partial charge < -0.3 is 14.6 Å². The number of aromatic nitrogens is 4. The summed E-state index contributed by atoms with van der Waals surface area (Å²) in [6, 6.07) is 5.77. The summed E-state index contributed by atoms with van der Waals surface area (Å²) in [4.78, 5) is 18.3. The van der Waals surface area contributed by atoms with Crippen molar-refractivity contribution < 1.29 is 19.4 Å². The van der Waals surface area contributed by atoms with Gasteiger partial charge in [-0.15, -0.1) is 22.6 Å². The highest BCUT2D eigenvalue weighted by molar-refractivity contribution is 5.96. The fourth-order valence-electron chi connectivity index (χ4n) is 3.76. The highest BCUT2D eigenvalue weighted by Crippen LogP contribution is 2.28. The van der Waals surface area contributed by atoms with E-state index in [0.29, 0.717) is 35.1 Å². The van der Waals surface area contributed by atoms with Crippen molar-refractivity contribution in [2.45, 2.75) is 72.4 Å². The molecule has 1 saturated carbocycles. The molecule has 0 amide bonds. The van der Waals surface area contributed by atoms with Crippen LogP contribution < -0.4 is 15.1 Å². The van der Waals surface area contributed by atoms with Crippen molar-refractivity contribution in [1.29, 1.82) is 0 Å². The van der Waals surface area contributed by atoms with E-state index in [1.54, 1.807) is 15.3 Å². The monoisotopic (exact) mass is 517 g/mol. The predicted octanol–water partition coefficient (Wildman–Crippen LogP) is 3.58. The van der Waals surface area contributed by atoms with Gasteiger partial charge in [0.2, 0.25) is 11.5 Å². The van der Waals surface area contributed by atoms with Crippen molar-refractivity contribution in [3.63, 3.8) is 0 Å². The molecule has 196 valence electrons. The number of hydrogen-bond donors (Lipinski definition) is 1. The van der Waals surface area contributed by atoms with Gasteiger partial charge in [0.1, 0.15) is 18.9 Å². The molecule has 1 N–H and O–H groups in total. The molecule has 0 spiro atoms. The molecule has 0 bridgehead atoms. The van der Waals surface area contributed by atoms with E-state index in [1.165, 1.54) is 0 Å². The quantitative estimate of drug-likeness (QED) is 0.435. The minimum atomic E-state index is -0.176. The average Bonchev–Trinajstić information content (AvgIpc) is 3.57. The van der Waals surface area contributed by atoms with E-state index >= 15 is 0 Å². The Morgan fingerprint density at radius 1 is 1.14 bits per heavy atom. The number of nitrogens with zero attached hydrogens (tertiary/aromatic N) is 5. The van der Waals surface area contributed by atoms with E-state index in [9.17, 15) is 9.90 Å². The van der Waals surface area contributed by atoms with Gasteiger partial charge in [0, 0.05) is 16.7 Å². The molecule has 10 heteroatoms. The minimum absolute atomic E-state index is 0. The molecule has 0 radical (unpaired) electrons. The zero-order valence-corrected chi connectivity index (χ0v) is 22.7. The molecule has 1 aliphatic rings. The van der Waals surface area contributed by atoms with Crippen LogP contribution >= 0.6 is 12.4 Å². The lowest BCUT2D eigenvalue weighted by Gasteiger charge is -2.21. The summed E-state index contributed by atoms with van der Waals surface area (Å²) in [6.07, 6.45) is 2.03. The first-order chi connectivity index (χ1) is 16.6. The number of aryl methyl sites for hydroxylation is 1. The zero-order valence-electron chi connectivity index (χ0n) is 21.9. The summed E-state index contributed by atoms with van der Waals surface area (Å²) in [7, 11) is 0. The van der Waals surface area contributed by atoms with Gasteiger partial charge in [-0.3, -0.25) is 4.79 Å². The van der Waals surface area contributed by atoms with Gasteiger partial charge in [0.25, 0.3) is 0 Å². The highest BCUT2D eigenvalue weighted by atomic mass is 35.5. The number of aliphatic hydroxyl groups excluding tert-OH is 1. The second kappa shape index (κ2) is 11.0. The van der Waals surface area contributed by atoms with E-state index in [4.69, 9.17) is 19.6 Å². The van der Waals surface area contributed by atoms with Crippen LogP contribution in [0.15, 0.2) is 23.2 Å². The summed E-state index contributed by atoms with van der Waals surface area (Å²) in [5, 5.41) is 18.6. The third-order valence-electron chi connectivity index (χ3n) is 6.12. The Morgan fingerprint density at radius 2 is 1.86 bits per heavy atom. The third-order valence-corrected chi connectivity index (χ3v) is 6.12. The van der Waals surface area contributed by atoms with Crippen molar-refractivity contribution in [3.8, 4) is 11.6 Å². The summed E-state index contributed by atoms with van der Waals surface area (Å²) < 4.78 is 14.7. The number of benzene rings is 1. The Bertz CT molecular complexity index is 1320. The third kappa shape index (κ3) is 5.90. The lowest BCUT2D eigenvalue weighted by molar-refractivity contribution is 0.0965. The number of fused-ring (bicyclic) bond motifs is 1. The molecule has 0 atom stereocenters. The van der Waals surface area contributed by atoms with Crippen LogP contribution in [-0.4, -0.2) is 56.1 Å². The first kappa shape index (κ1) is 27.7. The van der Waals surface area contributed by atoms with Crippen LogP contribution in [0.4, 0.5) is 0 Å². The van der Waals surface area contributed by atoms with Gasteiger partial charge in [-0.2, -0.15) is 4.52 Å². The van der Waals surface area contributed by atoms with Crippen LogP contribution in [-0.2, 0) is 12.0 Å². The Hall–Kier alpha value is -2.91. The maximum absolute atomic E-state index is 13.5. The molecule has 3 aromatic rings. The molecule has 0 aliphatic heterocycles. The van der Waals surface area contributed by atoms with E-state index < -0.39 is 0 Å². The summed E-state index contributed by atoms with van der Waals surface area (Å²) in [5.41, 5.74) is 4.40. The molecule has 1 fully saturated rings. The van der Waals surface area contributed by atoms with Crippen LogP contribution in [0.5, 0.6) is 11.6 Å². The van der Waals surface area contributed by atoms with Crippen LogP contribution in [0.2, 0.25) is 0 Å². The van der Waals surface area contributed by atoms with Gasteiger partial charge in [-0.25, -0.2) is 9.67 Å². The van der Waals surface area contributed by atoms with Crippen LogP contribution in [0, 0.1) is 13.8 Å². The Labute approximate surface area is 217 Å². The number of rotatable bonds is 9. The first-order valence-corrected chi connectivity index (χ1v) is 12.2. The molecule has 4 rings (SSSR count). The smallest absolute Gasteiger partial charge is 0.245 e.